The smallest absolute Gasteiger partial charge is 0.264 e. The molecule has 152 valence electrons. The molecule has 0 bridgehead atoms. The molecule has 6 nitrogen and oxygen atoms in total. The molecule has 0 aliphatic carbocycles. The summed E-state index contributed by atoms with van der Waals surface area (Å²) in [6, 6.07) is 23.1. The lowest BCUT2D eigenvalue weighted by Crippen LogP contribution is -2.14. The maximum absolute atomic E-state index is 12.0. The van der Waals surface area contributed by atoms with Gasteiger partial charge in [-0.15, -0.1) is 0 Å². The summed E-state index contributed by atoms with van der Waals surface area (Å²) in [7, 11) is -3.35. The van der Waals surface area contributed by atoms with Crippen LogP contribution in [0.1, 0.15) is 17.2 Å². The third-order valence-corrected chi connectivity index (χ3v) is 5.91. The lowest BCUT2D eigenvalue weighted by molar-refractivity contribution is 0.432. The van der Waals surface area contributed by atoms with E-state index in [1.54, 1.807) is 30.3 Å². The average molecular weight is 440 g/mol. The zero-order chi connectivity index (χ0) is 21.1. The molecule has 0 radical (unpaired) electrons. The van der Waals surface area contributed by atoms with Gasteiger partial charge in [0.25, 0.3) is 11.8 Å². The van der Waals surface area contributed by atoms with Crippen LogP contribution in [0.5, 0.6) is 0 Å². The normalized spacial score (nSPS) is 12.5. The van der Waals surface area contributed by atoms with Gasteiger partial charge in [0.15, 0.2) is 9.84 Å². The van der Waals surface area contributed by atoms with Crippen LogP contribution in [-0.2, 0) is 9.84 Å². The van der Waals surface area contributed by atoms with Crippen molar-refractivity contribution in [1.82, 2.24) is 10.1 Å². The summed E-state index contributed by atoms with van der Waals surface area (Å²) >= 11 is 6.04. The minimum atomic E-state index is -3.35. The summed E-state index contributed by atoms with van der Waals surface area (Å²) in [5.74, 6) is 0.677. The number of hydrogen-bond donors (Lipinski definition) is 1. The Bertz CT molecular complexity index is 1260. The SMILES string of the molecule is CS(=O)(=O)c1cccc(C(Nc2noc(-c3ccccc3)n2)c2ccc(Cl)cc2)c1. The molecule has 4 aromatic rings. The Kier molecular flexibility index (Phi) is 5.57. The van der Waals surface area contributed by atoms with Crippen molar-refractivity contribution in [1.29, 1.82) is 0 Å². The van der Waals surface area contributed by atoms with Gasteiger partial charge in [-0.2, -0.15) is 4.98 Å². The second-order valence-corrected chi connectivity index (χ2v) is 9.21. The van der Waals surface area contributed by atoms with Crippen molar-refractivity contribution in [3.63, 3.8) is 0 Å². The number of hydrogen-bond acceptors (Lipinski definition) is 6. The van der Waals surface area contributed by atoms with E-state index in [4.69, 9.17) is 16.1 Å². The molecular formula is C22H18ClN3O3S. The number of nitrogens with one attached hydrogen (secondary N) is 1. The lowest BCUT2D eigenvalue weighted by Gasteiger charge is -2.19. The second kappa shape index (κ2) is 8.30. The highest BCUT2D eigenvalue weighted by Gasteiger charge is 2.19. The molecule has 30 heavy (non-hydrogen) atoms. The van der Waals surface area contributed by atoms with Crippen molar-refractivity contribution in [2.75, 3.05) is 11.6 Å². The van der Waals surface area contributed by atoms with Crippen LogP contribution < -0.4 is 5.32 Å². The highest BCUT2D eigenvalue weighted by molar-refractivity contribution is 7.90. The van der Waals surface area contributed by atoms with E-state index < -0.39 is 15.9 Å². The van der Waals surface area contributed by atoms with Gasteiger partial charge in [0.1, 0.15) is 0 Å². The number of rotatable bonds is 6. The van der Waals surface area contributed by atoms with E-state index in [1.165, 1.54) is 6.26 Å². The molecule has 0 amide bonds. The summed E-state index contributed by atoms with van der Waals surface area (Å²) in [6.45, 7) is 0. The first-order chi connectivity index (χ1) is 14.4. The monoisotopic (exact) mass is 439 g/mol. The minimum absolute atomic E-state index is 0.235. The quantitative estimate of drug-likeness (QED) is 0.455. The van der Waals surface area contributed by atoms with Crippen molar-refractivity contribution in [3.8, 4) is 11.5 Å². The van der Waals surface area contributed by atoms with Crippen LogP contribution in [0, 0.1) is 0 Å². The van der Waals surface area contributed by atoms with Gasteiger partial charge in [0, 0.05) is 16.8 Å². The number of aromatic nitrogens is 2. The van der Waals surface area contributed by atoms with Crippen molar-refractivity contribution >= 4 is 27.4 Å². The number of anilines is 1. The fraction of sp³-hybridized carbons (Fsp3) is 0.0909. The molecule has 0 saturated carbocycles. The molecule has 0 saturated heterocycles. The second-order valence-electron chi connectivity index (χ2n) is 6.76. The van der Waals surface area contributed by atoms with Gasteiger partial charge in [0.2, 0.25) is 0 Å². The molecule has 3 aromatic carbocycles. The summed E-state index contributed by atoms with van der Waals surface area (Å²) in [5.41, 5.74) is 2.42. The lowest BCUT2D eigenvalue weighted by atomic mass is 9.99. The molecule has 1 aromatic heterocycles. The molecule has 8 heteroatoms. The fourth-order valence-corrected chi connectivity index (χ4v) is 3.85. The van der Waals surface area contributed by atoms with Crippen LogP contribution in [0.4, 0.5) is 5.95 Å². The van der Waals surface area contributed by atoms with Crippen molar-refractivity contribution < 1.29 is 12.9 Å². The predicted molar refractivity (Wildman–Crippen MR) is 116 cm³/mol. The van der Waals surface area contributed by atoms with E-state index in [-0.39, 0.29) is 4.90 Å². The third kappa shape index (κ3) is 4.53. The van der Waals surface area contributed by atoms with E-state index in [2.05, 4.69) is 15.5 Å². The third-order valence-electron chi connectivity index (χ3n) is 4.54. The number of benzene rings is 3. The molecule has 1 N–H and O–H groups in total. The summed E-state index contributed by atoms with van der Waals surface area (Å²) in [4.78, 5) is 4.66. The van der Waals surface area contributed by atoms with E-state index >= 15 is 0 Å². The Morgan fingerprint density at radius 2 is 1.67 bits per heavy atom. The number of sulfone groups is 1. The van der Waals surface area contributed by atoms with Gasteiger partial charge in [0.05, 0.1) is 10.9 Å². The molecule has 1 atom stereocenters. The first kappa shape index (κ1) is 20.1. The Balaban J connectivity index is 1.72. The van der Waals surface area contributed by atoms with Gasteiger partial charge < -0.3 is 9.84 Å². The van der Waals surface area contributed by atoms with Crippen LogP contribution in [0.15, 0.2) is 88.3 Å². The molecule has 0 aliphatic heterocycles. The van der Waals surface area contributed by atoms with E-state index in [9.17, 15) is 8.42 Å². The molecule has 1 unspecified atom stereocenters. The number of halogens is 1. The Morgan fingerprint density at radius 3 is 2.37 bits per heavy atom. The van der Waals surface area contributed by atoms with E-state index in [0.717, 1.165) is 16.7 Å². The molecule has 0 fully saturated rings. The van der Waals surface area contributed by atoms with Crippen LogP contribution in [0.25, 0.3) is 11.5 Å². The predicted octanol–water partition coefficient (Wildman–Crippen LogP) is 5.00. The maximum Gasteiger partial charge on any atom is 0.264 e. The first-order valence-electron chi connectivity index (χ1n) is 9.11. The van der Waals surface area contributed by atoms with Crippen LogP contribution in [0.2, 0.25) is 5.02 Å². The topological polar surface area (TPSA) is 85.1 Å². The minimum Gasteiger partial charge on any atom is -0.341 e. The summed E-state index contributed by atoms with van der Waals surface area (Å²) in [5, 5.41) is 7.88. The highest BCUT2D eigenvalue weighted by Crippen LogP contribution is 2.29. The van der Waals surface area contributed by atoms with Crippen LogP contribution in [-0.4, -0.2) is 24.8 Å². The van der Waals surface area contributed by atoms with Crippen LogP contribution in [0.3, 0.4) is 0 Å². The van der Waals surface area contributed by atoms with Crippen LogP contribution >= 0.6 is 11.6 Å². The van der Waals surface area contributed by atoms with Gasteiger partial charge in [-0.1, -0.05) is 54.1 Å². The molecular weight excluding hydrogens is 422 g/mol. The number of nitrogens with zero attached hydrogens (tertiary/aromatic N) is 2. The zero-order valence-electron chi connectivity index (χ0n) is 16.0. The van der Waals surface area contributed by atoms with Crippen molar-refractivity contribution in [2.24, 2.45) is 0 Å². The molecule has 0 spiro atoms. The molecule has 1 heterocycles. The first-order valence-corrected chi connectivity index (χ1v) is 11.4. The zero-order valence-corrected chi connectivity index (χ0v) is 17.6. The molecule has 0 aliphatic rings. The molecule has 4 rings (SSSR count). The highest BCUT2D eigenvalue weighted by atomic mass is 35.5. The summed E-state index contributed by atoms with van der Waals surface area (Å²) in [6.07, 6.45) is 1.18. The standard InChI is InChI=1S/C22H18ClN3O3S/c1-30(27,28)19-9-5-8-17(14-19)20(15-10-12-18(23)13-11-15)24-22-25-21(29-26-22)16-6-3-2-4-7-16/h2-14,20H,1H3,(H,24,26). The largest absolute Gasteiger partial charge is 0.341 e. The van der Waals surface area contributed by atoms with E-state index in [1.807, 2.05) is 48.5 Å². The average Bonchev–Trinajstić information content (AvgIpc) is 3.22. The van der Waals surface area contributed by atoms with Crippen molar-refractivity contribution in [3.05, 3.63) is 95.0 Å². The maximum atomic E-state index is 12.0. The summed E-state index contributed by atoms with van der Waals surface area (Å²) < 4.78 is 29.4. The Labute approximate surface area is 179 Å². The van der Waals surface area contributed by atoms with Gasteiger partial charge in [-0.25, -0.2) is 8.42 Å². The van der Waals surface area contributed by atoms with Crippen molar-refractivity contribution in [2.45, 2.75) is 10.9 Å². The Hall–Kier alpha value is -3.16. The van der Waals surface area contributed by atoms with E-state index in [0.29, 0.717) is 16.9 Å². The fourth-order valence-electron chi connectivity index (χ4n) is 3.05. The van der Waals surface area contributed by atoms with Gasteiger partial charge in [-0.05, 0) is 52.7 Å². The Morgan fingerprint density at radius 1 is 0.933 bits per heavy atom. The van der Waals surface area contributed by atoms with Gasteiger partial charge >= 0.3 is 0 Å². The van der Waals surface area contributed by atoms with Gasteiger partial charge in [-0.3, -0.25) is 0 Å².